The molecule has 0 radical (unpaired) electrons. The van der Waals surface area contributed by atoms with Gasteiger partial charge in [-0.05, 0) is 19.2 Å². The van der Waals surface area contributed by atoms with Crippen molar-refractivity contribution in [3.63, 3.8) is 0 Å². The van der Waals surface area contributed by atoms with Gasteiger partial charge in [0.2, 0.25) is 5.91 Å². The lowest BCUT2D eigenvalue weighted by Gasteiger charge is -2.25. The summed E-state index contributed by atoms with van der Waals surface area (Å²) in [6.07, 6.45) is 0.885. The number of nitrogens with zero attached hydrogens (tertiary/aromatic N) is 1. The van der Waals surface area contributed by atoms with Crippen LogP contribution in [0.3, 0.4) is 0 Å². The number of hydrogen-bond acceptors (Lipinski definition) is 6. The van der Waals surface area contributed by atoms with Crippen LogP contribution in [0.5, 0.6) is 0 Å². The van der Waals surface area contributed by atoms with Crippen LogP contribution in [0.4, 0.5) is 0 Å². The Labute approximate surface area is 140 Å². The molecule has 136 valence electrons. The SMILES string of the molecule is C[C@@H](CCC(=O)O)C(=O)N1C[C@H](CCCB(O)O)[C@](N)(C(=O)O)C1. The van der Waals surface area contributed by atoms with Gasteiger partial charge in [-0.2, -0.15) is 0 Å². The monoisotopic (exact) mass is 344 g/mol. The number of hydrogen-bond donors (Lipinski definition) is 5. The van der Waals surface area contributed by atoms with E-state index in [1.165, 1.54) is 4.90 Å². The van der Waals surface area contributed by atoms with Gasteiger partial charge in [-0.25, -0.2) is 0 Å². The second-order valence-corrected chi connectivity index (χ2v) is 6.51. The molecule has 0 unspecified atom stereocenters. The smallest absolute Gasteiger partial charge is 0.451 e. The summed E-state index contributed by atoms with van der Waals surface area (Å²) in [4.78, 5) is 35.9. The molecule has 3 atom stereocenters. The number of likely N-dealkylation sites (tertiary alicyclic amines) is 1. The quantitative estimate of drug-likeness (QED) is 0.332. The summed E-state index contributed by atoms with van der Waals surface area (Å²) in [6, 6.07) is 0. The molecule has 1 aliphatic heterocycles. The molecule has 9 nitrogen and oxygen atoms in total. The highest BCUT2D eigenvalue weighted by atomic mass is 16.4. The first-order valence-corrected chi connectivity index (χ1v) is 7.97. The number of carbonyl (C=O) groups excluding carboxylic acids is 1. The Balaban J connectivity index is 2.72. The molecule has 1 heterocycles. The minimum atomic E-state index is -1.58. The lowest BCUT2D eigenvalue weighted by Crippen LogP contribution is -2.55. The van der Waals surface area contributed by atoms with Crippen LogP contribution < -0.4 is 5.73 Å². The fourth-order valence-corrected chi connectivity index (χ4v) is 3.02. The topological polar surface area (TPSA) is 161 Å². The summed E-state index contributed by atoms with van der Waals surface area (Å²) in [5.74, 6) is -3.53. The highest BCUT2D eigenvalue weighted by molar-refractivity contribution is 6.40. The van der Waals surface area contributed by atoms with Crippen LogP contribution in [0.15, 0.2) is 0 Å². The molecular formula is C14H25BN2O7. The molecule has 0 bridgehead atoms. The molecule has 1 fully saturated rings. The van der Waals surface area contributed by atoms with Crippen LogP contribution in [-0.2, 0) is 14.4 Å². The molecule has 1 saturated heterocycles. The third-order valence-electron chi connectivity index (χ3n) is 4.56. The first-order valence-electron chi connectivity index (χ1n) is 7.97. The first-order chi connectivity index (χ1) is 11.1. The van der Waals surface area contributed by atoms with Crippen molar-refractivity contribution in [1.29, 1.82) is 0 Å². The minimum absolute atomic E-state index is 0.106. The van der Waals surface area contributed by atoms with Crippen molar-refractivity contribution in [2.24, 2.45) is 17.6 Å². The van der Waals surface area contributed by atoms with Gasteiger partial charge in [0, 0.05) is 31.3 Å². The average Bonchev–Trinajstić information content (AvgIpc) is 2.82. The third-order valence-corrected chi connectivity index (χ3v) is 4.56. The van der Waals surface area contributed by atoms with Gasteiger partial charge in [0.25, 0.3) is 0 Å². The number of rotatable bonds is 9. The van der Waals surface area contributed by atoms with E-state index >= 15 is 0 Å². The van der Waals surface area contributed by atoms with E-state index in [1.807, 2.05) is 0 Å². The highest BCUT2D eigenvalue weighted by Gasteiger charge is 2.50. The highest BCUT2D eigenvalue weighted by Crippen LogP contribution is 2.31. The standard InChI is InChI=1S/C14H25BN2O7/c1-9(4-5-11(18)19)12(20)17-7-10(3-2-6-15(23)24)14(16,8-17)13(21)22/h9-10,23-24H,2-8,16H2,1H3,(H,18,19)(H,21,22)/t9-,10-,14-/m0/s1. The van der Waals surface area contributed by atoms with Gasteiger partial charge in [0.15, 0.2) is 0 Å². The van der Waals surface area contributed by atoms with Crippen LogP contribution >= 0.6 is 0 Å². The van der Waals surface area contributed by atoms with Gasteiger partial charge in [-0.15, -0.1) is 0 Å². The zero-order valence-corrected chi connectivity index (χ0v) is 13.7. The average molecular weight is 344 g/mol. The maximum Gasteiger partial charge on any atom is 0.451 e. The molecule has 0 saturated carbocycles. The van der Waals surface area contributed by atoms with Gasteiger partial charge in [0.1, 0.15) is 5.54 Å². The molecule has 24 heavy (non-hydrogen) atoms. The molecule has 1 rings (SSSR count). The molecule has 6 N–H and O–H groups in total. The third kappa shape index (κ3) is 5.18. The number of aliphatic carboxylic acids is 2. The first kappa shape index (κ1) is 20.4. The molecule has 1 amide bonds. The van der Waals surface area contributed by atoms with E-state index in [1.54, 1.807) is 6.92 Å². The molecule has 1 aliphatic rings. The molecule has 10 heteroatoms. The van der Waals surface area contributed by atoms with Crippen molar-refractivity contribution < 1.29 is 34.6 Å². The number of amides is 1. The van der Waals surface area contributed by atoms with E-state index < -0.39 is 36.4 Å². The molecule has 0 spiro atoms. The normalized spacial score (nSPS) is 24.7. The summed E-state index contributed by atoms with van der Waals surface area (Å²) in [6.45, 7) is 1.64. The van der Waals surface area contributed by atoms with Crippen molar-refractivity contribution >= 4 is 25.0 Å². The predicted molar refractivity (Wildman–Crippen MR) is 84.9 cm³/mol. The van der Waals surface area contributed by atoms with E-state index in [2.05, 4.69) is 0 Å². The Morgan fingerprint density at radius 2 is 1.96 bits per heavy atom. The van der Waals surface area contributed by atoms with Crippen molar-refractivity contribution in [3.8, 4) is 0 Å². The molecule has 0 aromatic carbocycles. The molecular weight excluding hydrogens is 319 g/mol. The number of carbonyl (C=O) groups is 3. The zero-order chi connectivity index (χ0) is 18.5. The molecule has 0 aliphatic carbocycles. The van der Waals surface area contributed by atoms with E-state index in [0.717, 1.165) is 0 Å². The fourth-order valence-electron chi connectivity index (χ4n) is 3.02. The van der Waals surface area contributed by atoms with Crippen LogP contribution in [0, 0.1) is 11.8 Å². The predicted octanol–water partition coefficient (Wildman–Crippen LogP) is -1.02. The minimum Gasteiger partial charge on any atom is -0.481 e. The second-order valence-electron chi connectivity index (χ2n) is 6.51. The van der Waals surface area contributed by atoms with Crippen molar-refractivity contribution in [2.45, 2.75) is 44.5 Å². The summed E-state index contributed by atoms with van der Waals surface area (Å²) in [5, 5.41) is 35.9. The van der Waals surface area contributed by atoms with Crippen molar-refractivity contribution in [3.05, 3.63) is 0 Å². The van der Waals surface area contributed by atoms with E-state index in [4.69, 9.17) is 20.9 Å². The van der Waals surface area contributed by atoms with Gasteiger partial charge >= 0.3 is 19.1 Å². The van der Waals surface area contributed by atoms with Crippen molar-refractivity contribution in [1.82, 2.24) is 4.90 Å². The lowest BCUT2D eigenvalue weighted by atomic mass is 9.78. The Morgan fingerprint density at radius 1 is 1.33 bits per heavy atom. The van der Waals surface area contributed by atoms with Crippen LogP contribution in [-0.4, -0.2) is 68.8 Å². The summed E-state index contributed by atoms with van der Waals surface area (Å²) < 4.78 is 0. The van der Waals surface area contributed by atoms with Crippen LogP contribution in [0.2, 0.25) is 6.32 Å². The van der Waals surface area contributed by atoms with Gasteiger partial charge in [-0.1, -0.05) is 13.3 Å². The van der Waals surface area contributed by atoms with Gasteiger partial charge in [-0.3, -0.25) is 14.4 Å². The second kappa shape index (κ2) is 8.45. The van der Waals surface area contributed by atoms with E-state index in [9.17, 15) is 19.5 Å². The van der Waals surface area contributed by atoms with E-state index in [0.29, 0.717) is 12.8 Å². The molecule has 0 aromatic heterocycles. The fraction of sp³-hybridized carbons (Fsp3) is 0.786. The Morgan fingerprint density at radius 3 is 2.46 bits per heavy atom. The number of nitrogens with two attached hydrogens (primary N) is 1. The maximum atomic E-state index is 12.4. The Bertz CT molecular complexity index is 488. The lowest BCUT2D eigenvalue weighted by molar-refractivity contribution is -0.144. The van der Waals surface area contributed by atoms with Crippen LogP contribution in [0.1, 0.15) is 32.6 Å². The number of carboxylic acid groups (broad SMARTS) is 2. The maximum absolute atomic E-state index is 12.4. The van der Waals surface area contributed by atoms with Gasteiger partial charge in [0.05, 0.1) is 0 Å². The Hall–Kier alpha value is -1.65. The largest absolute Gasteiger partial charge is 0.481 e. The summed E-state index contributed by atoms with van der Waals surface area (Å²) in [7, 11) is -1.46. The summed E-state index contributed by atoms with van der Waals surface area (Å²) >= 11 is 0. The van der Waals surface area contributed by atoms with Crippen molar-refractivity contribution in [2.75, 3.05) is 13.1 Å². The van der Waals surface area contributed by atoms with Gasteiger partial charge < -0.3 is 30.9 Å². The Kier molecular flexibility index (Phi) is 7.18. The number of carboxylic acids is 2. The van der Waals surface area contributed by atoms with E-state index in [-0.39, 0.29) is 38.2 Å². The molecule has 0 aromatic rings. The summed E-state index contributed by atoms with van der Waals surface area (Å²) in [5.41, 5.74) is 4.42. The zero-order valence-electron chi connectivity index (χ0n) is 13.7. The van der Waals surface area contributed by atoms with Crippen LogP contribution in [0.25, 0.3) is 0 Å².